The summed E-state index contributed by atoms with van der Waals surface area (Å²) in [6.07, 6.45) is 3.39. The summed E-state index contributed by atoms with van der Waals surface area (Å²) >= 11 is 0. The highest BCUT2D eigenvalue weighted by molar-refractivity contribution is 6.01. The molecule has 0 fully saturated rings. The molecule has 3 heterocycles. The first-order chi connectivity index (χ1) is 18.1. The fraction of sp³-hybridized carbons (Fsp3) is 0.0714. The number of amides is 1. The fourth-order valence-corrected chi connectivity index (χ4v) is 4.05. The second kappa shape index (κ2) is 9.46. The van der Waals surface area contributed by atoms with Crippen molar-refractivity contribution in [3.63, 3.8) is 0 Å². The van der Waals surface area contributed by atoms with Crippen LogP contribution in [0.15, 0.2) is 85.2 Å². The van der Waals surface area contributed by atoms with Crippen molar-refractivity contribution in [1.82, 2.24) is 15.0 Å². The Balaban J connectivity index is 1.37. The molecule has 3 aromatic carbocycles. The third kappa shape index (κ3) is 4.57. The molecule has 9 nitrogen and oxygen atoms in total. The third-order valence-corrected chi connectivity index (χ3v) is 5.88. The second-order valence-corrected chi connectivity index (χ2v) is 8.33. The number of nitrogens with one attached hydrogen (secondary N) is 1. The quantitative estimate of drug-likeness (QED) is 0.332. The van der Waals surface area contributed by atoms with Gasteiger partial charge in [-0.05, 0) is 60.2 Å². The van der Waals surface area contributed by atoms with E-state index in [0.717, 1.165) is 22.3 Å². The van der Waals surface area contributed by atoms with Crippen LogP contribution in [-0.4, -0.2) is 27.7 Å². The summed E-state index contributed by atoms with van der Waals surface area (Å²) in [4.78, 5) is 25.7. The van der Waals surface area contributed by atoms with Crippen LogP contribution in [0.1, 0.15) is 15.9 Å². The van der Waals surface area contributed by atoms with Crippen LogP contribution in [0.5, 0.6) is 17.2 Å². The van der Waals surface area contributed by atoms with Crippen LogP contribution < -0.4 is 25.3 Å². The molecule has 0 saturated heterocycles. The van der Waals surface area contributed by atoms with Crippen molar-refractivity contribution in [2.75, 3.05) is 12.1 Å². The van der Waals surface area contributed by atoms with Gasteiger partial charge in [0.15, 0.2) is 17.3 Å². The number of benzene rings is 3. The third-order valence-electron chi connectivity index (χ3n) is 5.88. The van der Waals surface area contributed by atoms with Crippen LogP contribution >= 0.6 is 0 Å². The van der Waals surface area contributed by atoms with E-state index in [1.807, 2.05) is 54.6 Å². The molecule has 0 radical (unpaired) electrons. The zero-order chi connectivity index (χ0) is 25.2. The molecule has 1 aliphatic rings. The van der Waals surface area contributed by atoms with E-state index in [2.05, 4.69) is 10.3 Å². The normalized spacial score (nSPS) is 11.9. The van der Waals surface area contributed by atoms with E-state index in [-0.39, 0.29) is 6.79 Å². The highest BCUT2D eigenvalue weighted by Gasteiger charge is 2.16. The Morgan fingerprint density at radius 1 is 0.973 bits per heavy atom. The topological polar surface area (TPSA) is 121 Å². The SMILES string of the molecule is NC(=O)c1ccccc1Nc1nc(-c2cccnc2)nc2ccc(OCc3ccc4c(c3)OCO4)cc12. The van der Waals surface area contributed by atoms with E-state index in [0.29, 0.717) is 46.5 Å². The molecular formula is C28H21N5O4. The highest BCUT2D eigenvalue weighted by Crippen LogP contribution is 2.34. The standard InChI is InChI=1S/C28H21N5O4/c29-26(34)20-5-1-2-6-22(20)32-28-21-13-19(35-15-17-7-10-24-25(12-17)37-16-36-24)8-9-23(21)31-27(33-28)18-4-3-11-30-14-18/h1-14H,15-16H2,(H2,29,34)(H,31,32,33). The molecular weight excluding hydrogens is 470 g/mol. The molecule has 182 valence electrons. The minimum Gasteiger partial charge on any atom is -0.489 e. The number of nitrogens with two attached hydrogens (primary N) is 1. The molecule has 6 rings (SSSR count). The molecule has 3 N–H and O–H groups in total. The number of ether oxygens (including phenoxy) is 3. The van der Waals surface area contributed by atoms with Crippen LogP contribution in [0.25, 0.3) is 22.3 Å². The van der Waals surface area contributed by atoms with Gasteiger partial charge in [0.2, 0.25) is 6.79 Å². The number of para-hydroxylation sites is 1. The summed E-state index contributed by atoms with van der Waals surface area (Å²) in [6.45, 7) is 0.560. The number of pyridine rings is 1. The summed E-state index contributed by atoms with van der Waals surface area (Å²) in [7, 11) is 0. The highest BCUT2D eigenvalue weighted by atomic mass is 16.7. The molecule has 0 unspecified atom stereocenters. The zero-order valence-electron chi connectivity index (χ0n) is 19.5. The number of nitrogens with zero attached hydrogens (tertiary/aromatic N) is 3. The number of hydrogen-bond donors (Lipinski definition) is 2. The van der Waals surface area contributed by atoms with E-state index in [1.54, 1.807) is 30.6 Å². The van der Waals surface area contributed by atoms with Gasteiger partial charge in [0.25, 0.3) is 5.91 Å². The average molecular weight is 492 g/mol. The van der Waals surface area contributed by atoms with Gasteiger partial charge < -0.3 is 25.3 Å². The smallest absolute Gasteiger partial charge is 0.250 e. The fourth-order valence-electron chi connectivity index (χ4n) is 4.05. The van der Waals surface area contributed by atoms with Crippen molar-refractivity contribution in [1.29, 1.82) is 0 Å². The van der Waals surface area contributed by atoms with E-state index >= 15 is 0 Å². The van der Waals surface area contributed by atoms with Gasteiger partial charge >= 0.3 is 0 Å². The Morgan fingerprint density at radius 2 is 1.86 bits per heavy atom. The van der Waals surface area contributed by atoms with Gasteiger partial charge in [-0.1, -0.05) is 18.2 Å². The summed E-state index contributed by atoms with van der Waals surface area (Å²) < 4.78 is 16.9. The van der Waals surface area contributed by atoms with E-state index in [9.17, 15) is 4.79 Å². The monoisotopic (exact) mass is 491 g/mol. The first-order valence-electron chi connectivity index (χ1n) is 11.5. The first kappa shape index (κ1) is 22.3. The lowest BCUT2D eigenvalue weighted by Gasteiger charge is -2.14. The lowest BCUT2D eigenvalue weighted by Crippen LogP contribution is -2.13. The number of rotatable bonds is 7. The number of carbonyl (C=O) groups is 1. The molecule has 9 heteroatoms. The van der Waals surface area contributed by atoms with E-state index in [1.165, 1.54) is 0 Å². The van der Waals surface area contributed by atoms with Crippen LogP contribution in [0.3, 0.4) is 0 Å². The van der Waals surface area contributed by atoms with Crippen LogP contribution in [0, 0.1) is 0 Å². The number of anilines is 2. The maximum absolute atomic E-state index is 12.0. The molecule has 0 saturated carbocycles. The maximum atomic E-state index is 12.0. The van der Waals surface area contributed by atoms with Gasteiger partial charge in [-0.2, -0.15) is 0 Å². The number of hydrogen-bond acceptors (Lipinski definition) is 8. The number of fused-ring (bicyclic) bond motifs is 2. The average Bonchev–Trinajstić information content (AvgIpc) is 3.40. The van der Waals surface area contributed by atoms with Crippen LogP contribution in [0.2, 0.25) is 0 Å². The second-order valence-electron chi connectivity index (χ2n) is 8.33. The molecule has 0 atom stereocenters. The van der Waals surface area contributed by atoms with Gasteiger partial charge in [0, 0.05) is 23.3 Å². The van der Waals surface area contributed by atoms with Crippen LogP contribution in [0.4, 0.5) is 11.5 Å². The summed E-state index contributed by atoms with van der Waals surface area (Å²) in [6, 6.07) is 22.0. The number of carbonyl (C=O) groups excluding carboxylic acids is 1. The van der Waals surface area contributed by atoms with Crippen LogP contribution in [-0.2, 0) is 6.61 Å². The van der Waals surface area contributed by atoms with Crippen molar-refractivity contribution in [3.8, 4) is 28.6 Å². The van der Waals surface area contributed by atoms with Gasteiger partial charge in [-0.25, -0.2) is 9.97 Å². The Bertz CT molecular complexity index is 1620. The van der Waals surface area contributed by atoms with E-state index < -0.39 is 5.91 Å². The van der Waals surface area contributed by atoms with Crippen molar-refractivity contribution in [2.45, 2.75) is 6.61 Å². The zero-order valence-corrected chi connectivity index (χ0v) is 19.5. The molecule has 0 spiro atoms. The van der Waals surface area contributed by atoms with Gasteiger partial charge in [0.05, 0.1) is 16.8 Å². The van der Waals surface area contributed by atoms with Crippen molar-refractivity contribution in [3.05, 3.63) is 96.3 Å². The summed E-state index contributed by atoms with van der Waals surface area (Å²) in [5.74, 6) is 2.52. The summed E-state index contributed by atoms with van der Waals surface area (Å²) in [5.41, 5.74) is 8.90. The lowest BCUT2D eigenvalue weighted by molar-refractivity contribution is 0.100. The molecule has 37 heavy (non-hydrogen) atoms. The Morgan fingerprint density at radius 3 is 2.73 bits per heavy atom. The Labute approximate surface area is 211 Å². The molecule has 2 aromatic heterocycles. The lowest BCUT2D eigenvalue weighted by atomic mass is 10.1. The predicted octanol–water partition coefficient (Wildman–Crippen LogP) is 4.84. The maximum Gasteiger partial charge on any atom is 0.250 e. The number of aromatic nitrogens is 3. The minimum absolute atomic E-state index is 0.222. The minimum atomic E-state index is -0.540. The molecule has 1 amide bonds. The molecule has 1 aliphatic heterocycles. The van der Waals surface area contributed by atoms with Gasteiger partial charge in [-0.3, -0.25) is 9.78 Å². The van der Waals surface area contributed by atoms with Gasteiger partial charge in [-0.15, -0.1) is 0 Å². The van der Waals surface area contributed by atoms with Crippen molar-refractivity contribution >= 4 is 28.3 Å². The Hall–Kier alpha value is -5.18. The molecule has 0 aliphatic carbocycles. The molecule has 0 bridgehead atoms. The largest absolute Gasteiger partial charge is 0.489 e. The van der Waals surface area contributed by atoms with Crippen molar-refractivity contribution < 1.29 is 19.0 Å². The first-order valence-corrected chi connectivity index (χ1v) is 11.5. The molecule has 5 aromatic rings. The van der Waals surface area contributed by atoms with E-state index in [4.69, 9.17) is 29.9 Å². The Kier molecular flexibility index (Phi) is 5.70. The number of primary amides is 1. The van der Waals surface area contributed by atoms with Crippen molar-refractivity contribution in [2.24, 2.45) is 5.73 Å². The van der Waals surface area contributed by atoms with Gasteiger partial charge in [0.1, 0.15) is 18.2 Å². The predicted molar refractivity (Wildman–Crippen MR) is 138 cm³/mol. The summed E-state index contributed by atoms with van der Waals surface area (Å²) in [5, 5.41) is 4.00.